The molecule has 0 amide bonds. The molecule has 4 nitrogen and oxygen atoms in total. The molecule has 0 atom stereocenters. The Morgan fingerprint density at radius 1 is 0.969 bits per heavy atom. The van der Waals surface area contributed by atoms with Crippen molar-refractivity contribution >= 4 is 17.3 Å². The average Bonchev–Trinajstić information content (AvgIpc) is 2.75. The van der Waals surface area contributed by atoms with E-state index in [1.165, 1.54) is 44.3 Å². The minimum atomic E-state index is -1.11. The third kappa shape index (κ3) is 4.85. The maximum Gasteiger partial charge on any atom is 0.344 e. The number of hydrogen-bond donors (Lipinski definition) is 0. The zero-order chi connectivity index (χ0) is 23.4. The molecular weight excluding hydrogens is 426 g/mol. The van der Waals surface area contributed by atoms with Gasteiger partial charge in [0.05, 0.1) is 12.3 Å². The van der Waals surface area contributed by atoms with Crippen LogP contribution < -0.4 is 9.64 Å². The molecule has 0 bridgehead atoms. The molecule has 0 aliphatic carbocycles. The second-order valence-electron chi connectivity index (χ2n) is 7.00. The van der Waals surface area contributed by atoms with Crippen LogP contribution in [0.1, 0.15) is 12.5 Å². The number of carbonyl (C=O) groups excluding carboxylic acids is 1. The number of halogens is 4. The lowest BCUT2D eigenvalue weighted by atomic mass is 10.0. The van der Waals surface area contributed by atoms with Gasteiger partial charge in [-0.05, 0) is 66.9 Å². The highest BCUT2D eigenvalue weighted by Crippen LogP contribution is 2.38. The van der Waals surface area contributed by atoms with E-state index in [0.29, 0.717) is 11.1 Å². The van der Waals surface area contributed by atoms with E-state index < -0.39 is 41.5 Å². The summed E-state index contributed by atoms with van der Waals surface area (Å²) in [5.41, 5.74) is 0.478. The fraction of sp³-hybridized carbons (Fsp3) is 0.208. The molecule has 32 heavy (non-hydrogen) atoms. The van der Waals surface area contributed by atoms with E-state index in [1.807, 2.05) is 0 Å². The van der Waals surface area contributed by atoms with Crippen molar-refractivity contribution in [3.05, 3.63) is 77.4 Å². The van der Waals surface area contributed by atoms with Gasteiger partial charge in [0.15, 0.2) is 18.2 Å². The standard InChI is InChI=1S/C24H21F4NO3/c1-4-31-21(30)13-32-20-9-8-18(26)24(23(20)28)29(3)19-12-16(10-14(2)22(19)27)15-6-5-7-17(25)11-15/h5-12H,4,13H2,1-3H3. The summed E-state index contributed by atoms with van der Waals surface area (Å²) < 4.78 is 68.1. The topological polar surface area (TPSA) is 38.8 Å². The normalized spacial score (nSPS) is 10.7. The van der Waals surface area contributed by atoms with Gasteiger partial charge in [-0.1, -0.05) is 12.1 Å². The molecule has 8 heteroatoms. The molecule has 168 valence electrons. The van der Waals surface area contributed by atoms with Crippen molar-refractivity contribution in [3.63, 3.8) is 0 Å². The van der Waals surface area contributed by atoms with Crippen LogP contribution in [0.5, 0.6) is 5.75 Å². The second kappa shape index (κ2) is 9.72. The number of ether oxygens (including phenoxy) is 2. The van der Waals surface area contributed by atoms with Crippen LogP contribution in [0.4, 0.5) is 28.9 Å². The molecular formula is C24H21F4NO3. The molecule has 0 aliphatic rings. The van der Waals surface area contributed by atoms with E-state index in [0.717, 1.165) is 17.0 Å². The molecule has 0 heterocycles. The number of hydrogen-bond acceptors (Lipinski definition) is 4. The van der Waals surface area contributed by atoms with Crippen molar-refractivity contribution in [3.8, 4) is 16.9 Å². The van der Waals surface area contributed by atoms with Gasteiger partial charge in [0.25, 0.3) is 0 Å². The van der Waals surface area contributed by atoms with Crippen LogP contribution in [0.3, 0.4) is 0 Å². The van der Waals surface area contributed by atoms with Gasteiger partial charge in [-0.2, -0.15) is 0 Å². The Labute approximate surface area is 183 Å². The van der Waals surface area contributed by atoms with E-state index in [4.69, 9.17) is 9.47 Å². The Balaban J connectivity index is 2.02. The highest BCUT2D eigenvalue weighted by Gasteiger charge is 2.23. The summed E-state index contributed by atoms with van der Waals surface area (Å²) in [6, 6.07) is 10.6. The quantitative estimate of drug-likeness (QED) is 0.333. The van der Waals surface area contributed by atoms with Crippen LogP contribution in [0.25, 0.3) is 11.1 Å². The number of carbonyl (C=O) groups is 1. The first kappa shape index (κ1) is 23.1. The van der Waals surface area contributed by atoms with Gasteiger partial charge in [0.2, 0.25) is 0 Å². The monoisotopic (exact) mass is 447 g/mol. The summed E-state index contributed by atoms with van der Waals surface area (Å²) in [5.74, 6) is -4.32. The lowest BCUT2D eigenvalue weighted by Gasteiger charge is -2.24. The number of nitrogens with zero attached hydrogens (tertiary/aromatic N) is 1. The molecule has 0 spiro atoms. The first-order valence-corrected chi connectivity index (χ1v) is 9.79. The third-order valence-corrected chi connectivity index (χ3v) is 4.77. The van der Waals surface area contributed by atoms with Crippen molar-refractivity contribution in [2.75, 3.05) is 25.2 Å². The predicted octanol–water partition coefficient (Wildman–Crippen LogP) is 5.93. The Kier molecular flexibility index (Phi) is 7.02. The molecule has 0 fully saturated rings. The van der Waals surface area contributed by atoms with Crippen molar-refractivity contribution < 1.29 is 31.8 Å². The zero-order valence-corrected chi connectivity index (χ0v) is 17.7. The lowest BCUT2D eigenvalue weighted by Crippen LogP contribution is -2.18. The molecule has 3 aromatic carbocycles. The van der Waals surface area contributed by atoms with Crippen LogP contribution in [-0.2, 0) is 9.53 Å². The lowest BCUT2D eigenvalue weighted by molar-refractivity contribution is -0.145. The molecule has 0 radical (unpaired) electrons. The van der Waals surface area contributed by atoms with Crippen molar-refractivity contribution in [2.24, 2.45) is 0 Å². The summed E-state index contributed by atoms with van der Waals surface area (Å²) in [6.45, 7) is 2.67. The largest absolute Gasteiger partial charge is 0.479 e. The maximum atomic E-state index is 15.1. The second-order valence-corrected chi connectivity index (χ2v) is 7.00. The molecule has 0 unspecified atom stereocenters. The van der Waals surface area contributed by atoms with Gasteiger partial charge in [-0.25, -0.2) is 22.4 Å². The van der Waals surface area contributed by atoms with E-state index in [-0.39, 0.29) is 23.6 Å². The van der Waals surface area contributed by atoms with Crippen LogP contribution in [0, 0.1) is 30.2 Å². The smallest absolute Gasteiger partial charge is 0.344 e. The number of benzene rings is 3. The Bertz CT molecular complexity index is 1150. The summed E-state index contributed by atoms with van der Waals surface area (Å²) >= 11 is 0. The maximum absolute atomic E-state index is 15.1. The van der Waals surface area contributed by atoms with Gasteiger partial charge < -0.3 is 14.4 Å². The highest BCUT2D eigenvalue weighted by molar-refractivity contribution is 5.75. The Hall–Kier alpha value is -3.55. The molecule has 0 aromatic heterocycles. The summed E-state index contributed by atoms with van der Waals surface area (Å²) in [7, 11) is 1.30. The van der Waals surface area contributed by atoms with Gasteiger partial charge in [-0.15, -0.1) is 0 Å². The minimum Gasteiger partial charge on any atom is -0.479 e. The minimum absolute atomic E-state index is 0.121. The summed E-state index contributed by atoms with van der Waals surface area (Å²) in [4.78, 5) is 12.5. The van der Waals surface area contributed by atoms with Crippen LogP contribution in [0.2, 0.25) is 0 Å². The van der Waals surface area contributed by atoms with Gasteiger partial charge in [-0.3, -0.25) is 0 Å². The summed E-state index contributed by atoms with van der Waals surface area (Å²) in [5, 5.41) is 0. The third-order valence-electron chi connectivity index (χ3n) is 4.77. The van der Waals surface area contributed by atoms with Crippen molar-refractivity contribution in [1.82, 2.24) is 0 Å². The van der Waals surface area contributed by atoms with Gasteiger partial charge in [0.1, 0.15) is 23.1 Å². The van der Waals surface area contributed by atoms with Crippen LogP contribution in [0.15, 0.2) is 48.5 Å². The number of esters is 1. The molecule has 3 rings (SSSR count). The van der Waals surface area contributed by atoms with Gasteiger partial charge in [0, 0.05) is 7.05 Å². The number of rotatable bonds is 7. The Morgan fingerprint density at radius 3 is 2.41 bits per heavy atom. The first-order valence-electron chi connectivity index (χ1n) is 9.79. The number of aryl methyl sites for hydroxylation is 1. The van der Waals surface area contributed by atoms with Crippen LogP contribution >= 0.6 is 0 Å². The van der Waals surface area contributed by atoms with Gasteiger partial charge >= 0.3 is 5.97 Å². The Morgan fingerprint density at radius 2 is 1.72 bits per heavy atom. The summed E-state index contributed by atoms with van der Waals surface area (Å²) in [6.07, 6.45) is 0. The van der Waals surface area contributed by atoms with E-state index in [2.05, 4.69) is 0 Å². The van der Waals surface area contributed by atoms with E-state index in [1.54, 1.807) is 13.0 Å². The molecule has 0 saturated heterocycles. The fourth-order valence-corrected chi connectivity index (χ4v) is 3.23. The average molecular weight is 447 g/mol. The van der Waals surface area contributed by atoms with Crippen molar-refractivity contribution in [2.45, 2.75) is 13.8 Å². The molecule has 3 aromatic rings. The van der Waals surface area contributed by atoms with E-state index in [9.17, 15) is 18.0 Å². The van der Waals surface area contributed by atoms with E-state index >= 15 is 4.39 Å². The van der Waals surface area contributed by atoms with Crippen LogP contribution in [-0.4, -0.2) is 26.2 Å². The fourth-order valence-electron chi connectivity index (χ4n) is 3.23. The van der Waals surface area contributed by atoms with Crippen molar-refractivity contribution in [1.29, 1.82) is 0 Å². The first-order chi connectivity index (χ1) is 15.2. The molecule has 0 N–H and O–H groups in total. The predicted molar refractivity (Wildman–Crippen MR) is 113 cm³/mol. The zero-order valence-electron chi connectivity index (χ0n) is 17.7. The highest BCUT2D eigenvalue weighted by atomic mass is 19.1. The molecule has 0 aliphatic heterocycles. The molecule has 0 saturated carbocycles. The SMILES string of the molecule is CCOC(=O)COc1ccc(F)c(N(C)c2cc(-c3cccc(F)c3)cc(C)c2F)c1F. The number of anilines is 2.